The van der Waals surface area contributed by atoms with Crippen LogP contribution in [-0.2, 0) is 6.42 Å². The molecule has 2 aromatic rings. The summed E-state index contributed by atoms with van der Waals surface area (Å²) in [5.41, 5.74) is 8.95. The Bertz CT molecular complexity index is 476. The molecule has 78 valence electrons. The maximum Gasteiger partial charge on any atom is 0.149 e. The van der Waals surface area contributed by atoms with Crippen LogP contribution >= 0.6 is 15.9 Å². The van der Waals surface area contributed by atoms with E-state index in [1.54, 1.807) is 0 Å². The number of aromatic amines is 1. The van der Waals surface area contributed by atoms with E-state index < -0.39 is 0 Å². The van der Waals surface area contributed by atoms with Crippen LogP contribution in [0.15, 0.2) is 28.7 Å². The minimum Gasteiger partial charge on any atom is -0.382 e. The zero-order valence-corrected chi connectivity index (χ0v) is 10.0. The largest absolute Gasteiger partial charge is 0.382 e. The van der Waals surface area contributed by atoms with E-state index in [0.717, 1.165) is 27.7 Å². The number of halogens is 1. The van der Waals surface area contributed by atoms with Gasteiger partial charge < -0.3 is 5.73 Å². The van der Waals surface area contributed by atoms with Crippen molar-refractivity contribution < 1.29 is 0 Å². The highest BCUT2D eigenvalue weighted by molar-refractivity contribution is 9.10. The minimum absolute atomic E-state index is 0.586. The molecule has 0 amide bonds. The van der Waals surface area contributed by atoms with Crippen molar-refractivity contribution in [1.82, 2.24) is 10.2 Å². The normalized spacial score (nSPS) is 10.5. The summed E-state index contributed by atoms with van der Waals surface area (Å²) in [5, 5.41) is 7.01. The van der Waals surface area contributed by atoms with E-state index in [4.69, 9.17) is 5.73 Å². The Kier molecular flexibility index (Phi) is 2.77. The van der Waals surface area contributed by atoms with Crippen LogP contribution in [0.25, 0.3) is 11.3 Å². The molecule has 0 radical (unpaired) electrons. The van der Waals surface area contributed by atoms with Crippen molar-refractivity contribution in [1.29, 1.82) is 0 Å². The number of hydrogen-bond donors (Lipinski definition) is 2. The number of hydrogen-bond acceptors (Lipinski definition) is 2. The average Bonchev–Trinajstić information content (AvgIpc) is 2.60. The van der Waals surface area contributed by atoms with Crippen LogP contribution in [0, 0.1) is 0 Å². The number of nitrogen functional groups attached to an aromatic ring is 1. The Morgan fingerprint density at radius 2 is 2.13 bits per heavy atom. The van der Waals surface area contributed by atoms with Gasteiger partial charge in [0.1, 0.15) is 5.82 Å². The van der Waals surface area contributed by atoms with Crippen molar-refractivity contribution >= 4 is 21.7 Å². The van der Waals surface area contributed by atoms with Gasteiger partial charge in [-0.05, 0) is 12.5 Å². The lowest BCUT2D eigenvalue weighted by molar-refractivity contribution is 1.10. The zero-order valence-electron chi connectivity index (χ0n) is 8.42. The van der Waals surface area contributed by atoms with Gasteiger partial charge in [-0.15, -0.1) is 0 Å². The molecule has 3 N–H and O–H groups in total. The Hall–Kier alpha value is -1.29. The monoisotopic (exact) mass is 265 g/mol. The Balaban J connectivity index is 2.59. The lowest BCUT2D eigenvalue weighted by Gasteiger charge is -2.03. The third-order valence-electron chi connectivity index (χ3n) is 2.40. The van der Waals surface area contributed by atoms with Crippen molar-refractivity contribution in [3.8, 4) is 11.3 Å². The standard InChI is InChI=1S/C11H12BrN3/c1-2-7-10(14-15-11(7)13)8-5-3-4-6-9(8)12/h3-6H,2H2,1H3,(H3,13,14,15). The molecule has 0 aliphatic heterocycles. The van der Waals surface area contributed by atoms with Crippen molar-refractivity contribution in [3.63, 3.8) is 0 Å². The molecule has 0 unspecified atom stereocenters. The predicted molar refractivity (Wildman–Crippen MR) is 65.5 cm³/mol. The molecule has 0 saturated carbocycles. The van der Waals surface area contributed by atoms with Crippen molar-refractivity contribution in [2.45, 2.75) is 13.3 Å². The van der Waals surface area contributed by atoms with Crippen LogP contribution in [0.3, 0.4) is 0 Å². The highest BCUT2D eigenvalue weighted by atomic mass is 79.9. The summed E-state index contributed by atoms with van der Waals surface area (Å²) in [7, 11) is 0. The molecule has 1 aromatic heterocycles. The third-order valence-corrected chi connectivity index (χ3v) is 3.09. The van der Waals surface area contributed by atoms with Crippen LogP contribution < -0.4 is 5.73 Å². The fourth-order valence-electron chi connectivity index (χ4n) is 1.62. The number of anilines is 1. The van der Waals surface area contributed by atoms with Crippen molar-refractivity contribution in [2.75, 3.05) is 5.73 Å². The molecule has 0 aliphatic carbocycles. The van der Waals surface area contributed by atoms with Gasteiger partial charge in [0.2, 0.25) is 0 Å². The summed E-state index contributed by atoms with van der Waals surface area (Å²) in [6.07, 6.45) is 0.874. The SMILES string of the molecule is CCc1c(N)n[nH]c1-c1ccccc1Br. The summed E-state index contributed by atoms with van der Waals surface area (Å²) in [6.45, 7) is 2.07. The van der Waals surface area contributed by atoms with Crippen LogP contribution in [0.5, 0.6) is 0 Å². The highest BCUT2D eigenvalue weighted by Gasteiger charge is 2.12. The molecule has 2 rings (SSSR count). The summed E-state index contributed by atoms with van der Waals surface area (Å²) in [4.78, 5) is 0. The number of nitrogens with one attached hydrogen (secondary N) is 1. The van der Waals surface area contributed by atoms with E-state index in [1.807, 2.05) is 24.3 Å². The quantitative estimate of drug-likeness (QED) is 0.877. The summed E-state index contributed by atoms with van der Waals surface area (Å²) < 4.78 is 1.04. The molecule has 1 heterocycles. The van der Waals surface area contributed by atoms with Crippen LogP contribution in [0.4, 0.5) is 5.82 Å². The van der Waals surface area contributed by atoms with E-state index in [-0.39, 0.29) is 0 Å². The fraction of sp³-hybridized carbons (Fsp3) is 0.182. The minimum atomic E-state index is 0.586. The number of nitrogens with two attached hydrogens (primary N) is 1. The number of aromatic nitrogens is 2. The molecule has 3 nitrogen and oxygen atoms in total. The molecule has 4 heteroatoms. The molecule has 0 fully saturated rings. The van der Waals surface area contributed by atoms with Gasteiger partial charge in [-0.25, -0.2) is 0 Å². The molecular formula is C11H12BrN3. The molecule has 0 atom stereocenters. The zero-order chi connectivity index (χ0) is 10.8. The first-order valence-corrected chi connectivity index (χ1v) is 5.61. The maximum atomic E-state index is 5.78. The first-order valence-electron chi connectivity index (χ1n) is 4.81. The summed E-state index contributed by atoms with van der Waals surface area (Å²) in [6, 6.07) is 8.03. The second kappa shape index (κ2) is 4.06. The van der Waals surface area contributed by atoms with E-state index in [9.17, 15) is 0 Å². The van der Waals surface area contributed by atoms with Gasteiger partial charge in [-0.3, -0.25) is 5.10 Å². The number of rotatable bonds is 2. The maximum absolute atomic E-state index is 5.78. The molecule has 0 saturated heterocycles. The van der Waals surface area contributed by atoms with Crippen LogP contribution in [0.2, 0.25) is 0 Å². The van der Waals surface area contributed by atoms with Crippen molar-refractivity contribution in [3.05, 3.63) is 34.3 Å². The van der Waals surface area contributed by atoms with Gasteiger partial charge in [0.25, 0.3) is 0 Å². The van der Waals surface area contributed by atoms with Crippen LogP contribution in [-0.4, -0.2) is 10.2 Å². The van der Waals surface area contributed by atoms with Gasteiger partial charge >= 0.3 is 0 Å². The fourth-order valence-corrected chi connectivity index (χ4v) is 2.11. The first kappa shape index (κ1) is 10.2. The third kappa shape index (κ3) is 1.77. The lowest BCUT2D eigenvalue weighted by atomic mass is 10.1. The Labute approximate surface area is 96.8 Å². The van der Waals surface area contributed by atoms with Gasteiger partial charge in [-0.2, -0.15) is 5.10 Å². The second-order valence-corrected chi connectivity index (χ2v) is 4.15. The summed E-state index contributed by atoms with van der Waals surface area (Å²) >= 11 is 3.52. The van der Waals surface area contributed by atoms with Crippen LogP contribution in [0.1, 0.15) is 12.5 Å². The predicted octanol–water partition coefficient (Wildman–Crippen LogP) is 2.98. The van der Waals surface area contributed by atoms with E-state index in [2.05, 4.69) is 33.1 Å². The van der Waals surface area contributed by atoms with Gasteiger partial charge in [-0.1, -0.05) is 41.1 Å². The number of nitrogens with zero attached hydrogens (tertiary/aromatic N) is 1. The second-order valence-electron chi connectivity index (χ2n) is 3.30. The van der Waals surface area contributed by atoms with E-state index in [0.29, 0.717) is 5.82 Å². The smallest absolute Gasteiger partial charge is 0.149 e. The first-order chi connectivity index (χ1) is 7.24. The lowest BCUT2D eigenvalue weighted by Crippen LogP contribution is -1.91. The van der Waals surface area contributed by atoms with Gasteiger partial charge in [0.05, 0.1) is 5.69 Å². The van der Waals surface area contributed by atoms with Crippen molar-refractivity contribution in [2.24, 2.45) is 0 Å². The molecule has 15 heavy (non-hydrogen) atoms. The van der Waals surface area contributed by atoms with E-state index in [1.165, 1.54) is 0 Å². The molecule has 0 bridgehead atoms. The van der Waals surface area contributed by atoms with Gasteiger partial charge in [0, 0.05) is 15.6 Å². The molecule has 0 spiro atoms. The molecule has 1 aromatic carbocycles. The topological polar surface area (TPSA) is 54.7 Å². The number of H-pyrrole nitrogens is 1. The Morgan fingerprint density at radius 1 is 1.40 bits per heavy atom. The summed E-state index contributed by atoms with van der Waals surface area (Å²) in [5.74, 6) is 0.586. The van der Waals surface area contributed by atoms with E-state index >= 15 is 0 Å². The average molecular weight is 266 g/mol. The molecular weight excluding hydrogens is 254 g/mol. The van der Waals surface area contributed by atoms with Gasteiger partial charge in [0.15, 0.2) is 0 Å². The number of benzene rings is 1. The highest BCUT2D eigenvalue weighted by Crippen LogP contribution is 2.31. The molecule has 0 aliphatic rings. The Morgan fingerprint density at radius 3 is 2.80 bits per heavy atom.